The molecule has 4 rings (SSSR count). The van der Waals surface area contributed by atoms with Gasteiger partial charge >= 0.3 is 0 Å². The predicted octanol–water partition coefficient (Wildman–Crippen LogP) is 2.20. The van der Waals surface area contributed by atoms with Crippen molar-refractivity contribution in [1.82, 2.24) is 29.4 Å². The van der Waals surface area contributed by atoms with Gasteiger partial charge in [-0.05, 0) is 12.1 Å². The van der Waals surface area contributed by atoms with Crippen LogP contribution >= 0.6 is 0 Å². The Balaban J connectivity index is 1.67. The van der Waals surface area contributed by atoms with Crippen LogP contribution < -0.4 is 5.32 Å². The van der Waals surface area contributed by atoms with Gasteiger partial charge < -0.3 is 10.1 Å². The molecule has 0 aliphatic carbocycles. The number of nitrogens with zero attached hydrogens (tertiary/aromatic N) is 6. The molecule has 0 saturated heterocycles. The lowest BCUT2D eigenvalue weighted by Crippen LogP contribution is -2.05. The highest BCUT2D eigenvalue weighted by atomic mass is 16.5. The van der Waals surface area contributed by atoms with E-state index in [9.17, 15) is 0 Å². The van der Waals surface area contributed by atoms with E-state index in [1.807, 2.05) is 48.7 Å². The van der Waals surface area contributed by atoms with Crippen molar-refractivity contribution in [1.29, 1.82) is 0 Å². The lowest BCUT2D eigenvalue weighted by molar-refractivity contribution is 0.181. The first-order valence-corrected chi connectivity index (χ1v) is 7.40. The molecule has 3 heterocycles. The van der Waals surface area contributed by atoms with Crippen molar-refractivity contribution in [2.45, 2.75) is 6.61 Å². The first-order valence-electron chi connectivity index (χ1n) is 7.40. The lowest BCUT2D eigenvalue weighted by atomic mass is 10.3. The number of para-hydroxylation sites is 1. The quantitative estimate of drug-likeness (QED) is 0.607. The highest BCUT2D eigenvalue weighted by Crippen LogP contribution is 2.17. The van der Waals surface area contributed by atoms with Gasteiger partial charge in [0, 0.05) is 25.4 Å². The average molecular weight is 321 g/mol. The first kappa shape index (κ1) is 14.3. The molecule has 8 heteroatoms. The number of fused-ring (bicyclic) bond motifs is 1. The molecular formula is C16H15N7O. The molecule has 1 N–H and O–H groups in total. The standard InChI is InChI=1S/C16H15N7O/c1-24-10-12-9-15(23-16(19-12)17-11-18-23)20-14-7-8-22(21-14)13-5-3-2-4-6-13/h2-9,11H,10H2,1H3,(H,20,21). The Hall–Kier alpha value is -3.26. The Labute approximate surface area is 137 Å². The molecule has 24 heavy (non-hydrogen) atoms. The van der Waals surface area contributed by atoms with Gasteiger partial charge in [0.2, 0.25) is 0 Å². The molecule has 0 amide bonds. The second-order valence-corrected chi connectivity index (χ2v) is 5.14. The smallest absolute Gasteiger partial charge is 0.254 e. The van der Waals surface area contributed by atoms with Crippen molar-refractivity contribution in [3.05, 3.63) is 60.7 Å². The van der Waals surface area contributed by atoms with Gasteiger partial charge in [0.25, 0.3) is 5.78 Å². The molecule has 1 aromatic carbocycles. The van der Waals surface area contributed by atoms with Crippen LogP contribution in [0.25, 0.3) is 11.5 Å². The third kappa shape index (κ3) is 2.70. The van der Waals surface area contributed by atoms with E-state index in [4.69, 9.17) is 4.74 Å². The molecular weight excluding hydrogens is 306 g/mol. The summed E-state index contributed by atoms with van der Waals surface area (Å²) in [5.74, 6) is 1.93. The summed E-state index contributed by atoms with van der Waals surface area (Å²) in [6, 6.07) is 13.7. The number of hydrogen-bond donors (Lipinski definition) is 1. The molecule has 3 aromatic heterocycles. The SMILES string of the molecule is COCc1cc(Nc2ccn(-c3ccccc3)n2)n2ncnc2n1. The van der Waals surface area contributed by atoms with Crippen LogP contribution in [-0.4, -0.2) is 36.5 Å². The molecule has 120 valence electrons. The Morgan fingerprint density at radius 1 is 1.17 bits per heavy atom. The van der Waals surface area contributed by atoms with Gasteiger partial charge in [0.1, 0.15) is 12.1 Å². The number of anilines is 2. The van der Waals surface area contributed by atoms with E-state index in [0.717, 1.165) is 17.2 Å². The maximum atomic E-state index is 5.15. The summed E-state index contributed by atoms with van der Waals surface area (Å²) in [6.45, 7) is 0.399. The van der Waals surface area contributed by atoms with Gasteiger partial charge in [-0.2, -0.15) is 19.7 Å². The number of benzene rings is 1. The third-order valence-electron chi connectivity index (χ3n) is 3.46. The van der Waals surface area contributed by atoms with Crippen molar-refractivity contribution in [3.8, 4) is 5.69 Å². The van der Waals surface area contributed by atoms with Crippen LogP contribution in [0, 0.1) is 0 Å². The van der Waals surface area contributed by atoms with Crippen molar-refractivity contribution in [2.24, 2.45) is 0 Å². The minimum atomic E-state index is 0.399. The monoisotopic (exact) mass is 321 g/mol. The summed E-state index contributed by atoms with van der Waals surface area (Å²) in [5.41, 5.74) is 1.76. The Kier molecular flexibility index (Phi) is 3.64. The van der Waals surface area contributed by atoms with Gasteiger partial charge in [0.05, 0.1) is 18.0 Å². The number of aromatic nitrogens is 6. The van der Waals surface area contributed by atoms with Gasteiger partial charge in [-0.1, -0.05) is 18.2 Å². The Morgan fingerprint density at radius 2 is 2.04 bits per heavy atom. The normalized spacial score (nSPS) is 11.0. The van der Waals surface area contributed by atoms with Crippen LogP contribution in [0.15, 0.2) is 55.0 Å². The molecule has 0 spiro atoms. The van der Waals surface area contributed by atoms with Crippen LogP contribution in [0.1, 0.15) is 5.69 Å². The van der Waals surface area contributed by atoms with Crippen LogP contribution in [-0.2, 0) is 11.3 Å². The second kappa shape index (κ2) is 6.09. The molecule has 4 aromatic rings. The van der Waals surface area contributed by atoms with E-state index in [1.165, 1.54) is 6.33 Å². The minimum absolute atomic E-state index is 0.399. The fourth-order valence-electron chi connectivity index (χ4n) is 2.42. The molecule has 0 radical (unpaired) electrons. The van der Waals surface area contributed by atoms with E-state index in [2.05, 4.69) is 25.5 Å². The predicted molar refractivity (Wildman–Crippen MR) is 88.3 cm³/mol. The zero-order valence-electron chi connectivity index (χ0n) is 13.0. The number of methoxy groups -OCH3 is 1. The van der Waals surface area contributed by atoms with Crippen molar-refractivity contribution < 1.29 is 4.74 Å². The van der Waals surface area contributed by atoms with Crippen molar-refractivity contribution >= 4 is 17.4 Å². The van der Waals surface area contributed by atoms with E-state index in [1.54, 1.807) is 16.3 Å². The molecule has 8 nitrogen and oxygen atoms in total. The van der Waals surface area contributed by atoms with Gasteiger partial charge in [0.15, 0.2) is 5.82 Å². The average Bonchev–Trinajstić information content (AvgIpc) is 3.25. The molecule has 0 bridgehead atoms. The molecule has 0 fully saturated rings. The zero-order chi connectivity index (χ0) is 16.4. The molecule has 0 aliphatic heterocycles. The lowest BCUT2D eigenvalue weighted by Gasteiger charge is -2.07. The fourth-order valence-corrected chi connectivity index (χ4v) is 2.42. The number of rotatable bonds is 5. The number of nitrogens with one attached hydrogen (secondary N) is 1. The van der Waals surface area contributed by atoms with E-state index in [0.29, 0.717) is 18.2 Å². The summed E-state index contributed by atoms with van der Waals surface area (Å²) in [7, 11) is 1.63. The Bertz CT molecular complexity index is 961. The molecule has 0 saturated carbocycles. The van der Waals surface area contributed by atoms with Gasteiger partial charge in [-0.3, -0.25) is 0 Å². The summed E-state index contributed by atoms with van der Waals surface area (Å²) in [6.07, 6.45) is 3.36. The molecule has 0 atom stereocenters. The fraction of sp³-hybridized carbons (Fsp3) is 0.125. The van der Waals surface area contributed by atoms with Crippen LogP contribution in [0.3, 0.4) is 0 Å². The summed E-state index contributed by atoms with van der Waals surface area (Å²) in [4.78, 5) is 8.52. The van der Waals surface area contributed by atoms with Crippen molar-refractivity contribution in [3.63, 3.8) is 0 Å². The number of ether oxygens (including phenoxy) is 1. The zero-order valence-corrected chi connectivity index (χ0v) is 13.0. The largest absolute Gasteiger partial charge is 0.378 e. The minimum Gasteiger partial charge on any atom is -0.378 e. The van der Waals surface area contributed by atoms with Gasteiger partial charge in [-0.15, -0.1) is 0 Å². The maximum Gasteiger partial charge on any atom is 0.254 e. The summed E-state index contributed by atoms with van der Waals surface area (Å²) >= 11 is 0. The number of hydrogen-bond acceptors (Lipinski definition) is 6. The van der Waals surface area contributed by atoms with E-state index >= 15 is 0 Å². The molecule has 0 unspecified atom stereocenters. The summed E-state index contributed by atoms with van der Waals surface area (Å²) < 4.78 is 8.58. The third-order valence-corrected chi connectivity index (χ3v) is 3.46. The topological polar surface area (TPSA) is 82.2 Å². The van der Waals surface area contributed by atoms with E-state index in [-0.39, 0.29) is 0 Å². The molecule has 0 aliphatic rings. The van der Waals surface area contributed by atoms with Crippen LogP contribution in [0.2, 0.25) is 0 Å². The highest BCUT2D eigenvalue weighted by Gasteiger charge is 2.09. The first-order chi connectivity index (χ1) is 11.8. The van der Waals surface area contributed by atoms with Gasteiger partial charge in [-0.25, -0.2) is 9.67 Å². The Morgan fingerprint density at radius 3 is 2.88 bits per heavy atom. The highest BCUT2D eigenvalue weighted by molar-refractivity contribution is 5.55. The maximum absolute atomic E-state index is 5.15. The van der Waals surface area contributed by atoms with Crippen LogP contribution in [0.4, 0.5) is 11.6 Å². The summed E-state index contributed by atoms with van der Waals surface area (Å²) in [5, 5.41) is 12.0. The van der Waals surface area contributed by atoms with Crippen molar-refractivity contribution in [2.75, 3.05) is 12.4 Å². The van der Waals surface area contributed by atoms with Crippen LogP contribution in [0.5, 0.6) is 0 Å². The second-order valence-electron chi connectivity index (χ2n) is 5.14. The van der Waals surface area contributed by atoms with E-state index < -0.39 is 0 Å².